The highest BCUT2D eigenvalue weighted by Crippen LogP contribution is 2.18. The molecule has 3 N–H and O–H groups in total. The molecule has 420 valence electrons. The molecule has 71 heavy (non-hydrogen) atoms. The third-order valence-electron chi connectivity index (χ3n) is 15.0. The molecule has 0 aliphatic carbocycles. The number of carbonyl (C=O) groups excluding carboxylic acids is 2. The molecule has 0 radical (unpaired) electrons. The monoisotopic (exact) mass is 1000 g/mol. The number of carbonyl (C=O) groups is 2. The lowest BCUT2D eigenvalue weighted by Crippen LogP contribution is -2.45. The molecule has 0 aliphatic heterocycles. The molecule has 0 aromatic rings. The topological polar surface area (TPSA) is 95.9 Å². The van der Waals surface area contributed by atoms with Crippen molar-refractivity contribution in [1.29, 1.82) is 0 Å². The summed E-state index contributed by atoms with van der Waals surface area (Å²) in [5, 5.41) is 23.1. The lowest BCUT2D eigenvalue weighted by atomic mass is 10.0. The Balaban J connectivity index is 3.36. The van der Waals surface area contributed by atoms with Gasteiger partial charge < -0.3 is 20.3 Å². The zero-order valence-corrected chi connectivity index (χ0v) is 48.0. The second-order valence-corrected chi connectivity index (χ2v) is 22.1. The van der Waals surface area contributed by atoms with Gasteiger partial charge >= 0.3 is 5.97 Å². The van der Waals surface area contributed by atoms with Gasteiger partial charge in [-0.3, -0.25) is 9.59 Å². The van der Waals surface area contributed by atoms with Crippen molar-refractivity contribution in [3.63, 3.8) is 0 Å². The molecule has 2 atom stereocenters. The summed E-state index contributed by atoms with van der Waals surface area (Å²) in [5.41, 5.74) is 0. The number of aliphatic hydroxyl groups excluding tert-OH is 2. The number of allylic oxidation sites excluding steroid dienone is 3. The van der Waals surface area contributed by atoms with Crippen LogP contribution < -0.4 is 5.32 Å². The Hall–Kier alpha value is -1.66. The van der Waals surface area contributed by atoms with E-state index in [1.54, 1.807) is 6.08 Å². The predicted octanol–water partition coefficient (Wildman–Crippen LogP) is 20.2. The summed E-state index contributed by atoms with van der Waals surface area (Å²) in [6.45, 7) is 4.92. The Morgan fingerprint density at radius 1 is 0.380 bits per heavy atom. The van der Waals surface area contributed by atoms with E-state index in [1.807, 2.05) is 6.08 Å². The van der Waals surface area contributed by atoms with E-state index >= 15 is 0 Å². The van der Waals surface area contributed by atoms with Crippen molar-refractivity contribution in [3.8, 4) is 0 Å². The Labute approximate surface area is 443 Å². The highest BCUT2D eigenvalue weighted by Gasteiger charge is 2.18. The van der Waals surface area contributed by atoms with Crippen molar-refractivity contribution in [2.24, 2.45) is 0 Å². The van der Waals surface area contributed by atoms with E-state index in [0.717, 1.165) is 38.5 Å². The molecule has 0 saturated carbocycles. The maximum Gasteiger partial charge on any atom is 0.305 e. The average molecular weight is 1000 g/mol. The van der Waals surface area contributed by atoms with Gasteiger partial charge in [-0.2, -0.15) is 0 Å². The van der Waals surface area contributed by atoms with E-state index in [1.165, 1.54) is 289 Å². The van der Waals surface area contributed by atoms with Gasteiger partial charge in [-0.25, -0.2) is 0 Å². The van der Waals surface area contributed by atoms with Gasteiger partial charge in [-0.1, -0.05) is 308 Å². The van der Waals surface area contributed by atoms with Crippen LogP contribution in [0.25, 0.3) is 0 Å². The predicted molar refractivity (Wildman–Crippen MR) is 310 cm³/mol. The van der Waals surface area contributed by atoms with Gasteiger partial charge in [-0.15, -0.1) is 0 Å². The largest absolute Gasteiger partial charge is 0.466 e. The molecule has 0 aromatic heterocycles. The maximum absolute atomic E-state index is 12.4. The smallest absolute Gasteiger partial charge is 0.305 e. The van der Waals surface area contributed by atoms with Crippen molar-refractivity contribution in [1.82, 2.24) is 5.32 Å². The molecule has 0 bridgehead atoms. The lowest BCUT2D eigenvalue weighted by molar-refractivity contribution is -0.143. The fourth-order valence-corrected chi connectivity index (χ4v) is 10.0. The summed E-state index contributed by atoms with van der Waals surface area (Å²) in [7, 11) is 0. The minimum Gasteiger partial charge on any atom is -0.466 e. The number of esters is 1. The number of unbranched alkanes of at least 4 members (excludes halogenated alkanes) is 47. The van der Waals surface area contributed by atoms with Crippen molar-refractivity contribution in [3.05, 3.63) is 24.3 Å². The van der Waals surface area contributed by atoms with Crippen molar-refractivity contribution in [2.75, 3.05) is 13.2 Å². The molecule has 6 heteroatoms. The normalized spacial score (nSPS) is 12.7. The minimum atomic E-state index is -0.842. The fourth-order valence-electron chi connectivity index (χ4n) is 10.0. The summed E-state index contributed by atoms with van der Waals surface area (Å²) < 4.78 is 5.48. The minimum absolute atomic E-state index is 0.0179. The molecule has 0 fully saturated rings. The van der Waals surface area contributed by atoms with Crippen LogP contribution in [0.1, 0.15) is 354 Å². The number of ether oxygens (including phenoxy) is 1. The summed E-state index contributed by atoms with van der Waals surface area (Å²) in [6.07, 6.45) is 75.2. The van der Waals surface area contributed by atoms with Gasteiger partial charge in [0.25, 0.3) is 0 Å². The molecule has 0 aromatic carbocycles. The zero-order valence-electron chi connectivity index (χ0n) is 48.0. The highest BCUT2D eigenvalue weighted by molar-refractivity contribution is 5.76. The van der Waals surface area contributed by atoms with Gasteiger partial charge in [0, 0.05) is 12.8 Å². The van der Waals surface area contributed by atoms with Crippen LogP contribution in [0.5, 0.6) is 0 Å². The van der Waals surface area contributed by atoms with E-state index in [4.69, 9.17) is 4.74 Å². The first kappa shape index (κ1) is 69.3. The van der Waals surface area contributed by atoms with Gasteiger partial charge in [0.05, 0.1) is 25.4 Å². The van der Waals surface area contributed by atoms with Crippen LogP contribution in [0.3, 0.4) is 0 Å². The standard InChI is InChI=1S/C65H125NO5/c1-3-5-7-9-11-13-15-34-39-43-47-51-55-59-65(70)71-60-56-52-48-44-40-36-33-31-29-27-25-23-21-19-17-18-20-22-24-26-28-30-32-35-38-42-46-50-54-58-64(69)66-62(61-67)63(68)57-53-49-45-41-37-16-14-12-10-8-6-4-2/h17,19,53,57,62-63,67-68H,3-16,18,20-52,54-56,58-61H2,1-2H3,(H,66,69)/b19-17-,57-53+. The Morgan fingerprint density at radius 3 is 1.00 bits per heavy atom. The van der Waals surface area contributed by atoms with E-state index in [9.17, 15) is 19.8 Å². The number of amides is 1. The van der Waals surface area contributed by atoms with E-state index in [0.29, 0.717) is 19.4 Å². The molecule has 2 unspecified atom stereocenters. The first-order valence-corrected chi connectivity index (χ1v) is 32.1. The van der Waals surface area contributed by atoms with Crippen LogP contribution in [-0.2, 0) is 14.3 Å². The number of aliphatic hydroxyl groups is 2. The molecule has 0 heterocycles. The Kier molecular flexibility index (Phi) is 59.5. The van der Waals surface area contributed by atoms with Crippen LogP contribution in [-0.4, -0.2) is 47.4 Å². The van der Waals surface area contributed by atoms with Crippen LogP contribution in [0.2, 0.25) is 0 Å². The molecule has 6 nitrogen and oxygen atoms in total. The number of hydrogen-bond acceptors (Lipinski definition) is 5. The van der Waals surface area contributed by atoms with E-state index < -0.39 is 12.1 Å². The number of hydrogen-bond donors (Lipinski definition) is 3. The Morgan fingerprint density at radius 2 is 0.662 bits per heavy atom. The molecule has 0 spiro atoms. The SMILES string of the molecule is CCCCCCCCCCCC/C=C/C(O)C(CO)NC(=O)CCCCCCCCCCCCCCC/C=C\CCCCCCCCCCCCCCOC(=O)CCCCCCCCCCCCCCC. The number of rotatable bonds is 60. The van der Waals surface area contributed by atoms with Gasteiger partial charge in [0.2, 0.25) is 5.91 Å². The summed E-state index contributed by atoms with van der Waals surface area (Å²) in [6, 6.07) is -0.626. The summed E-state index contributed by atoms with van der Waals surface area (Å²) >= 11 is 0. The lowest BCUT2D eigenvalue weighted by Gasteiger charge is -2.20. The third kappa shape index (κ3) is 57.5. The molecule has 1 amide bonds. The molecule has 0 aliphatic rings. The van der Waals surface area contributed by atoms with E-state index in [2.05, 4.69) is 31.3 Å². The summed E-state index contributed by atoms with van der Waals surface area (Å²) in [5.74, 6) is -0.0487. The molecule has 0 saturated heterocycles. The Bertz CT molecular complexity index is 1110. The first-order chi connectivity index (χ1) is 35.0. The highest BCUT2D eigenvalue weighted by atomic mass is 16.5. The van der Waals surface area contributed by atoms with Crippen molar-refractivity contribution >= 4 is 11.9 Å². The van der Waals surface area contributed by atoms with Crippen LogP contribution in [0, 0.1) is 0 Å². The second kappa shape index (κ2) is 60.9. The molecular formula is C65H125NO5. The molecule has 0 rings (SSSR count). The summed E-state index contributed by atoms with van der Waals surface area (Å²) in [4.78, 5) is 24.5. The van der Waals surface area contributed by atoms with Crippen molar-refractivity contribution in [2.45, 2.75) is 366 Å². The third-order valence-corrected chi connectivity index (χ3v) is 15.0. The first-order valence-electron chi connectivity index (χ1n) is 32.1. The second-order valence-electron chi connectivity index (χ2n) is 22.1. The van der Waals surface area contributed by atoms with Crippen LogP contribution >= 0.6 is 0 Å². The zero-order chi connectivity index (χ0) is 51.4. The average Bonchev–Trinajstić information content (AvgIpc) is 3.37. The fraction of sp³-hybridized carbons (Fsp3) is 0.908. The molecular weight excluding hydrogens is 875 g/mol. The van der Waals surface area contributed by atoms with Gasteiger partial charge in [0.15, 0.2) is 0 Å². The van der Waals surface area contributed by atoms with E-state index in [-0.39, 0.29) is 18.5 Å². The number of nitrogens with one attached hydrogen (secondary N) is 1. The van der Waals surface area contributed by atoms with Crippen molar-refractivity contribution < 1.29 is 24.5 Å². The van der Waals surface area contributed by atoms with Crippen LogP contribution in [0.4, 0.5) is 0 Å². The van der Waals surface area contributed by atoms with Gasteiger partial charge in [-0.05, 0) is 57.8 Å². The maximum atomic E-state index is 12.4. The van der Waals surface area contributed by atoms with Crippen LogP contribution in [0.15, 0.2) is 24.3 Å². The quantitative estimate of drug-likeness (QED) is 0.0320. The van der Waals surface area contributed by atoms with Gasteiger partial charge in [0.1, 0.15) is 0 Å².